The number of anilines is 1. The highest BCUT2D eigenvalue weighted by Crippen LogP contribution is 2.30. The zero-order chi connectivity index (χ0) is 15.2. The Bertz CT molecular complexity index is 495. The first-order valence-electron chi connectivity index (χ1n) is 7.10. The maximum absolute atomic E-state index is 11.9. The minimum Gasteiger partial charge on any atom is -0.399 e. The molecule has 1 aromatic carbocycles. The number of carbonyl (C=O) groups excluding carboxylic acids is 1. The Kier molecular flexibility index (Phi) is 5.50. The van der Waals surface area contributed by atoms with E-state index in [1.165, 1.54) is 5.56 Å². The third-order valence-electron chi connectivity index (χ3n) is 3.53. The smallest absolute Gasteiger partial charge is 0.261 e. The largest absolute Gasteiger partial charge is 0.399 e. The second-order valence-electron chi connectivity index (χ2n) is 5.19. The first-order chi connectivity index (χ1) is 10.1. The van der Waals surface area contributed by atoms with Gasteiger partial charge in [-0.25, -0.2) is 8.78 Å². The van der Waals surface area contributed by atoms with Crippen molar-refractivity contribution in [1.29, 1.82) is 0 Å². The standard InChI is InChI=1S/C15H20F2N2O2/c16-14(17)9-21-7-6-15(20)19-13-3-1-2-10-8-11(18)4-5-12(10)13/h4-5,8,13-14H,1-3,6-7,9,18H2,(H,19,20). The molecule has 3 N–H and O–H groups in total. The van der Waals surface area contributed by atoms with Crippen molar-refractivity contribution in [3.05, 3.63) is 29.3 Å². The van der Waals surface area contributed by atoms with Crippen LogP contribution in [0.5, 0.6) is 0 Å². The number of alkyl halides is 2. The number of amides is 1. The molecule has 0 aliphatic heterocycles. The van der Waals surface area contributed by atoms with Gasteiger partial charge in [0.2, 0.25) is 5.91 Å². The molecule has 1 aliphatic rings. The predicted molar refractivity (Wildman–Crippen MR) is 76.1 cm³/mol. The third-order valence-corrected chi connectivity index (χ3v) is 3.53. The summed E-state index contributed by atoms with van der Waals surface area (Å²) >= 11 is 0. The van der Waals surface area contributed by atoms with Crippen LogP contribution in [0, 0.1) is 0 Å². The van der Waals surface area contributed by atoms with Crippen LogP contribution < -0.4 is 11.1 Å². The molecule has 21 heavy (non-hydrogen) atoms. The van der Waals surface area contributed by atoms with Crippen LogP contribution in [0.15, 0.2) is 18.2 Å². The molecule has 0 fully saturated rings. The number of ether oxygens (including phenoxy) is 1. The van der Waals surface area contributed by atoms with E-state index >= 15 is 0 Å². The lowest BCUT2D eigenvalue weighted by atomic mass is 9.87. The zero-order valence-electron chi connectivity index (χ0n) is 11.8. The lowest BCUT2D eigenvalue weighted by Crippen LogP contribution is -2.31. The SMILES string of the molecule is Nc1ccc2c(c1)CCCC2NC(=O)CCOCC(F)F. The second kappa shape index (κ2) is 7.36. The van der Waals surface area contributed by atoms with E-state index < -0.39 is 13.0 Å². The van der Waals surface area contributed by atoms with Gasteiger partial charge in [-0.3, -0.25) is 4.79 Å². The summed E-state index contributed by atoms with van der Waals surface area (Å²) in [6.07, 6.45) is 0.422. The number of nitrogen functional groups attached to an aromatic ring is 1. The molecule has 1 amide bonds. The summed E-state index contributed by atoms with van der Waals surface area (Å²) in [6, 6.07) is 5.69. The molecule has 0 bridgehead atoms. The lowest BCUT2D eigenvalue weighted by molar-refractivity contribution is -0.123. The van der Waals surface area contributed by atoms with Gasteiger partial charge < -0.3 is 15.8 Å². The molecular formula is C15H20F2N2O2. The van der Waals surface area contributed by atoms with Crippen LogP contribution in [0.2, 0.25) is 0 Å². The van der Waals surface area contributed by atoms with Crippen LogP contribution in [0.4, 0.5) is 14.5 Å². The van der Waals surface area contributed by atoms with Crippen molar-refractivity contribution in [2.75, 3.05) is 18.9 Å². The quantitative estimate of drug-likeness (QED) is 0.626. The first-order valence-corrected chi connectivity index (χ1v) is 7.10. The number of hydrogen-bond donors (Lipinski definition) is 2. The molecule has 0 radical (unpaired) electrons. The molecule has 0 saturated carbocycles. The minimum atomic E-state index is -2.50. The fourth-order valence-corrected chi connectivity index (χ4v) is 2.59. The zero-order valence-corrected chi connectivity index (χ0v) is 11.8. The summed E-state index contributed by atoms with van der Waals surface area (Å²) in [6.45, 7) is -0.615. The van der Waals surface area contributed by atoms with Crippen molar-refractivity contribution >= 4 is 11.6 Å². The van der Waals surface area contributed by atoms with Crippen molar-refractivity contribution < 1.29 is 18.3 Å². The molecule has 1 unspecified atom stereocenters. The molecule has 6 heteroatoms. The van der Waals surface area contributed by atoms with Crippen molar-refractivity contribution in [2.24, 2.45) is 0 Å². The molecule has 2 rings (SSSR count). The molecule has 1 atom stereocenters. The van der Waals surface area contributed by atoms with E-state index in [9.17, 15) is 13.6 Å². The van der Waals surface area contributed by atoms with Gasteiger partial charge in [-0.05, 0) is 42.5 Å². The van der Waals surface area contributed by atoms with Crippen LogP contribution >= 0.6 is 0 Å². The summed E-state index contributed by atoms with van der Waals surface area (Å²) in [5.41, 5.74) is 8.75. The van der Waals surface area contributed by atoms with Crippen LogP contribution in [-0.4, -0.2) is 25.5 Å². The van der Waals surface area contributed by atoms with E-state index in [0.717, 1.165) is 30.5 Å². The van der Waals surface area contributed by atoms with Crippen LogP contribution in [0.3, 0.4) is 0 Å². The summed E-state index contributed by atoms with van der Waals surface area (Å²) in [5, 5.41) is 2.94. The van der Waals surface area contributed by atoms with E-state index in [4.69, 9.17) is 10.5 Å². The molecule has 0 heterocycles. The summed E-state index contributed by atoms with van der Waals surface area (Å²) in [7, 11) is 0. The topological polar surface area (TPSA) is 64.3 Å². The molecule has 116 valence electrons. The molecule has 1 aliphatic carbocycles. The Morgan fingerprint density at radius 2 is 2.29 bits per heavy atom. The number of fused-ring (bicyclic) bond motifs is 1. The molecule has 0 spiro atoms. The minimum absolute atomic E-state index is 0.0114. The fraction of sp³-hybridized carbons (Fsp3) is 0.533. The highest BCUT2D eigenvalue weighted by molar-refractivity contribution is 5.76. The Hall–Kier alpha value is -1.69. The van der Waals surface area contributed by atoms with Gasteiger partial charge in [-0.1, -0.05) is 6.07 Å². The molecule has 4 nitrogen and oxygen atoms in total. The maximum atomic E-state index is 11.9. The Balaban J connectivity index is 1.85. The van der Waals surface area contributed by atoms with Gasteiger partial charge in [0.1, 0.15) is 6.61 Å². The highest BCUT2D eigenvalue weighted by atomic mass is 19.3. The van der Waals surface area contributed by atoms with E-state index in [1.807, 2.05) is 18.2 Å². The second-order valence-corrected chi connectivity index (χ2v) is 5.19. The van der Waals surface area contributed by atoms with Gasteiger partial charge >= 0.3 is 0 Å². The van der Waals surface area contributed by atoms with E-state index in [-0.39, 0.29) is 25.0 Å². The van der Waals surface area contributed by atoms with Crippen molar-refractivity contribution in [1.82, 2.24) is 5.32 Å². The molecule has 1 aromatic rings. The summed E-state index contributed by atoms with van der Waals surface area (Å²) in [5.74, 6) is -0.182. The number of aryl methyl sites for hydroxylation is 1. The number of hydrogen-bond acceptors (Lipinski definition) is 3. The van der Waals surface area contributed by atoms with Gasteiger partial charge in [0, 0.05) is 12.1 Å². The average Bonchev–Trinajstić information content (AvgIpc) is 2.43. The van der Waals surface area contributed by atoms with Gasteiger partial charge in [-0.15, -0.1) is 0 Å². The molecule has 0 saturated heterocycles. The number of carbonyl (C=O) groups is 1. The van der Waals surface area contributed by atoms with Crippen molar-refractivity contribution in [3.8, 4) is 0 Å². The van der Waals surface area contributed by atoms with Gasteiger partial charge in [0.05, 0.1) is 12.6 Å². The fourth-order valence-electron chi connectivity index (χ4n) is 2.59. The Morgan fingerprint density at radius 3 is 3.05 bits per heavy atom. The van der Waals surface area contributed by atoms with E-state index in [1.54, 1.807) is 0 Å². The van der Waals surface area contributed by atoms with Gasteiger partial charge in [0.25, 0.3) is 6.43 Å². The first kappa shape index (κ1) is 15.7. The summed E-state index contributed by atoms with van der Waals surface area (Å²) < 4.78 is 28.5. The molecular weight excluding hydrogens is 278 g/mol. The number of rotatable bonds is 6. The average molecular weight is 298 g/mol. The van der Waals surface area contributed by atoms with E-state index in [0.29, 0.717) is 0 Å². The summed E-state index contributed by atoms with van der Waals surface area (Å²) in [4.78, 5) is 11.8. The van der Waals surface area contributed by atoms with Crippen molar-refractivity contribution in [2.45, 2.75) is 38.2 Å². The maximum Gasteiger partial charge on any atom is 0.261 e. The van der Waals surface area contributed by atoms with Crippen LogP contribution in [0.1, 0.15) is 36.4 Å². The third kappa shape index (κ3) is 4.67. The van der Waals surface area contributed by atoms with Crippen LogP contribution in [0.25, 0.3) is 0 Å². The van der Waals surface area contributed by atoms with E-state index in [2.05, 4.69) is 5.32 Å². The van der Waals surface area contributed by atoms with Gasteiger partial charge in [-0.2, -0.15) is 0 Å². The molecule has 0 aromatic heterocycles. The van der Waals surface area contributed by atoms with Crippen LogP contribution in [-0.2, 0) is 16.0 Å². The predicted octanol–water partition coefficient (Wildman–Crippen LogP) is 2.43. The number of nitrogens with two attached hydrogens (primary N) is 1. The Morgan fingerprint density at radius 1 is 1.48 bits per heavy atom. The number of benzene rings is 1. The van der Waals surface area contributed by atoms with Gasteiger partial charge in [0.15, 0.2) is 0 Å². The number of nitrogens with one attached hydrogen (secondary N) is 1. The monoisotopic (exact) mass is 298 g/mol. The van der Waals surface area contributed by atoms with Crippen molar-refractivity contribution in [3.63, 3.8) is 0 Å². The lowest BCUT2D eigenvalue weighted by Gasteiger charge is -2.26. The normalized spacial score (nSPS) is 17.6. The Labute approximate surface area is 122 Å². The highest BCUT2D eigenvalue weighted by Gasteiger charge is 2.21. The number of halogens is 2.